The minimum atomic E-state index is 0.380. The average molecular weight is 495 g/mol. The predicted molar refractivity (Wildman–Crippen MR) is 134 cm³/mol. The van der Waals surface area contributed by atoms with Gasteiger partial charge in [0.15, 0.2) is 0 Å². The summed E-state index contributed by atoms with van der Waals surface area (Å²) in [6.45, 7) is 0.582. The summed E-state index contributed by atoms with van der Waals surface area (Å²) in [5.74, 6) is 1.66. The summed E-state index contributed by atoms with van der Waals surface area (Å²) < 4.78 is 16.2. The maximum atomic E-state index is 5.81. The van der Waals surface area contributed by atoms with E-state index in [9.17, 15) is 0 Å². The molecule has 0 atom stereocenters. The van der Waals surface area contributed by atoms with Crippen LogP contribution in [0.5, 0.6) is 17.5 Å². The molecule has 0 saturated heterocycles. The van der Waals surface area contributed by atoms with E-state index in [1.807, 2.05) is 78.9 Å². The molecular formula is C26H27BrN2O3. The maximum Gasteiger partial charge on any atom is 0.317 e. The highest BCUT2D eigenvalue weighted by atomic mass is 79.9. The molecule has 32 heavy (non-hydrogen) atoms. The predicted octanol–water partition coefficient (Wildman–Crippen LogP) is 6.39. The van der Waals surface area contributed by atoms with E-state index in [-0.39, 0.29) is 0 Å². The van der Waals surface area contributed by atoms with Crippen molar-refractivity contribution < 1.29 is 14.2 Å². The van der Waals surface area contributed by atoms with Gasteiger partial charge in [-0.2, -0.15) is 9.97 Å². The number of methoxy groups -OCH3 is 2. The molecule has 1 heterocycles. The molecule has 5 nitrogen and oxygen atoms in total. The number of nitrogens with zero attached hydrogens (tertiary/aromatic N) is 2. The Balaban J connectivity index is 1.80. The average Bonchev–Trinajstić information content (AvgIpc) is 2.85. The van der Waals surface area contributed by atoms with Crippen molar-refractivity contribution in [2.45, 2.75) is 12.8 Å². The normalized spacial score (nSPS) is 11.2. The van der Waals surface area contributed by atoms with Crippen LogP contribution in [-0.4, -0.2) is 36.1 Å². The van der Waals surface area contributed by atoms with Crippen molar-refractivity contribution in [3.63, 3.8) is 0 Å². The Hall–Kier alpha value is -3.12. The van der Waals surface area contributed by atoms with Gasteiger partial charge in [-0.15, -0.1) is 0 Å². The van der Waals surface area contributed by atoms with Crippen molar-refractivity contribution >= 4 is 40.2 Å². The number of aromatic nitrogens is 2. The van der Waals surface area contributed by atoms with Gasteiger partial charge in [0, 0.05) is 5.33 Å². The fourth-order valence-corrected chi connectivity index (χ4v) is 3.25. The topological polar surface area (TPSA) is 53.5 Å². The van der Waals surface area contributed by atoms with Crippen molar-refractivity contribution in [2.24, 2.45) is 0 Å². The number of hydrogen-bond acceptors (Lipinski definition) is 5. The maximum absolute atomic E-state index is 5.81. The number of rotatable bonds is 11. The van der Waals surface area contributed by atoms with E-state index >= 15 is 0 Å². The van der Waals surface area contributed by atoms with Crippen molar-refractivity contribution in [3.05, 3.63) is 77.1 Å². The summed E-state index contributed by atoms with van der Waals surface area (Å²) in [6, 6.07) is 18.0. The van der Waals surface area contributed by atoms with Crippen molar-refractivity contribution in [1.82, 2.24) is 9.97 Å². The van der Waals surface area contributed by atoms with E-state index in [0.717, 1.165) is 52.2 Å². The van der Waals surface area contributed by atoms with Crippen LogP contribution >= 0.6 is 15.9 Å². The van der Waals surface area contributed by atoms with E-state index in [4.69, 9.17) is 14.2 Å². The van der Waals surface area contributed by atoms with Crippen LogP contribution in [0.1, 0.15) is 35.4 Å². The number of benzene rings is 2. The van der Waals surface area contributed by atoms with E-state index in [0.29, 0.717) is 12.6 Å². The van der Waals surface area contributed by atoms with E-state index < -0.39 is 0 Å². The monoisotopic (exact) mass is 494 g/mol. The molecule has 0 fully saturated rings. The third kappa shape index (κ3) is 7.54. The Bertz CT molecular complexity index is 956. The lowest BCUT2D eigenvalue weighted by atomic mass is 10.1. The van der Waals surface area contributed by atoms with Crippen LogP contribution in [0.15, 0.2) is 54.6 Å². The van der Waals surface area contributed by atoms with Crippen LogP contribution in [0.4, 0.5) is 0 Å². The molecule has 0 aliphatic rings. The Labute approximate surface area is 197 Å². The Morgan fingerprint density at radius 1 is 0.719 bits per heavy atom. The molecule has 3 aromatic rings. The van der Waals surface area contributed by atoms with Crippen molar-refractivity contribution in [2.75, 3.05) is 26.2 Å². The van der Waals surface area contributed by atoms with Gasteiger partial charge in [-0.05, 0) is 66.5 Å². The fraction of sp³-hybridized carbons (Fsp3) is 0.231. The van der Waals surface area contributed by atoms with Gasteiger partial charge in [0.1, 0.15) is 11.5 Å². The second-order valence-corrected chi connectivity index (χ2v) is 7.75. The number of hydrogen-bond donors (Lipinski definition) is 0. The molecule has 0 N–H and O–H groups in total. The minimum absolute atomic E-state index is 0.380. The summed E-state index contributed by atoms with van der Waals surface area (Å²) in [5.41, 5.74) is 3.67. The lowest BCUT2D eigenvalue weighted by molar-refractivity contribution is 0.285. The van der Waals surface area contributed by atoms with Crippen molar-refractivity contribution in [3.8, 4) is 17.5 Å². The Kier molecular flexibility index (Phi) is 9.32. The highest BCUT2D eigenvalue weighted by Crippen LogP contribution is 2.17. The van der Waals surface area contributed by atoms with E-state index in [2.05, 4.69) is 25.9 Å². The highest BCUT2D eigenvalue weighted by molar-refractivity contribution is 9.09. The van der Waals surface area contributed by atoms with Gasteiger partial charge in [0.25, 0.3) is 0 Å². The molecule has 1 aromatic heterocycles. The zero-order valence-corrected chi connectivity index (χ0v) is 19.9. The zero-order valence-electron chi connectivity index (χ0n) is 18.3. The molecule has 0 aliphatic heterocycles. The van der Waals surface area contributed by atoms with Gasteiger partial charge in [-0.25, -0.2) is 0 Å². The van der Waals surface area contributed by atoms with Gasteiger partial charge in [-0.3, -0.25) is 0 Å². The van der Waals surface area contributed by atoms with Gasteiger partial charge in [-0.1, -0.05) is 52.3 Å². The van der Waals surface area contributed by atoms with E-state index in [1.165, 1.54) is 0 Å². The Morgan fingerprint density at radius 2 is 1.22 bits per heavy atom. The number of unbranched alkanes of at least 4 members (excludes halogenated alkanes) is 1. The van der Waals surface area contributed by atoms with Crippen LogP contribution < -0.4 is 14.2 Å². The summed E-state index contributed by atoms with van der Waals surface area (Å²) >= 11 is 3.44. The summed E-state index contributed by atoms with van der Waals surface area (Å²) in [6.07, 6.45) is 9.92. The molecule has 0 bridgehead atoms. The molecular weight excluding hydrogens is 468 g/mol. The molecule has 166 valence electrons. The van der Waals surface area contributed by atoms with Crippen LogP contribution in [-0.2, 0) is 0 Å². The zero-order chi connectivity index (χ0) is 22.6. The quantitative estimate of drug-likeness (QED) is 0.228. The first-order valence-corrected chi connectivity index (χ1v) is 11.5. The number of ether oxygens (including phenoxy) is 3. The molecule has 6 heteroatoms. The summed E-state index contributed by atoms with van der Waals surface area (Å²) in [4.78, 5) is 9.10. The van der Waals surface area contributed by atoms with Gasteiger partial charge in [0.05, 0.1) is 32.2 Å². The largest absolute Gasteiger partial charge is 0.497 e. The second-order valence-electron chi connectivity index (χ2n) is 6.96. The molecule has 0 unspecified atom stereocenters. The first-order chi connectivity index (χ1) is 15.7. The summed E-state index contributed by atoms with van der Waals surface area (Å²) in [5, 5.41) is 0.956. The van der Waals surface area contributed by atoms with Crippen LogP contribution in [0.3, 0.4) is 0 Å². The van der Waals surface area contributed by atoms with Crippen molar-refractivity contribution in [1.29, 1.82) is 0 Å². The standard InChI is InChI=1S/C26H27BrN2O3/c1-30-24-13-7-20(8-14-24)5-11-22-19-23(29-26(28-22)32-18-4-3-17-27)12-6-21-9-15-25(31-2)16-10-21/h5-16,19H,3-4,17-18H2,1-2H3/b11-5+,12-6+. The summed E-state index contributed by atoms with van der Waals surface area (Å²) in [7, 11) is 3.32. The van der Waals surface area contributed by atoms with Gasteiger partial charge >= 0.3 is 6.01 Å². The third-order valence-corrected chi connectivity index (χ3v) is 5.19. The van der Waals surface area contributed by atoms with E-state index in [1.54, 1.807) is 14.2 Å². The first-order valence-electron chi connectivity index (χ1n) is 10.4. The minimum Gasteiger partial charge on any atom is -0.497 e. The van der Waals surface area contributed by atoms with Gasteiger partial charge < -0.3 is 14.2 Å². The third-order valence-electron chi connectivity index (χ3n) is 4.63. The SMILES string of the molecule is COc1ccc(/C=C/c2cc(/C=C/c3ccc(OC)cc3)nc(OCCCCBr)n2)cc1. The molecule has 3 rings (SSSR count). The lowest BCUT2D eigenvalue weighted by Gasteiger charge is -2.06. The molecule has 0 aliphatic carbocycles. The smallest absolute Gasteiger partial charge is 0.317 e. The lowest BCUT2D eigenvalue weighted by Crippen LogP contribution is -2.03. The van der Waals surface area contributed by atoms with Crippen LogP contribution in [0.25, 0.3) is 24.3 Å². The number of halogens is 1. The molecule has 0 radical (unpaired) electrons. The van der Waals surface area contributed by atoms with Crippen LogP contribution in [0, 0.1) is 0 Å². The molecule has 2 aromatic carbocycles. The first kappa shape index (κ1) is 23.5. The molecule has 0 saturated carbocycles. The molecule has 0 amide bonds. The fourth-order valence-electron chi connectivity index (χ4n) is 2.85. The van der Waals surface area contributed by atoms with Crippen LogP contribution in [0.2, 0.25) is 0 Å². The Morgan fingerprint density at radius 3 is 1.66 bits per heavy atom. The second kappa shape index (κ2) is 12.7. The highest BCUT2D eigenvalue weighted by Gasteiger charge is 2.03. The molecule has 0 spiro atoms. The number of alkyl halides is 1. The van der Waals surface area contributed by atoms with Gasteiger partial charge in [0.2, 0.25) is 0 Å².